The number of carboxylic acid groups (broad SMARTS) is 1. The summed E-state index contributed by atoms with van der Waals surface area (Å²) in [5.41, 5.74) is 0. The molecule has 0 aromatic heterocycles. The Labute approximate surface area is 77.9 Å². The third-order valence-corrected chi connectivity index (χ3v) is 2.90. The minimum Gasteiger partial charge on any atom is -0.480 e. The van der Waals surface area contributed by atoms with Crippen LogP contribution in [0.25, 0.3) is 0 Å². The summed E-state index contributed by atoms with van der Waals surface area (Å²) in [4.78, 5) is 10.4. The first-order valence-electron chi connectivity index (χ1n) is 4.57. The molecule has 0 aromatic carbocycles. The average molecular weight is 191 g/mol. The van der Waals surface area contributed by atoms with Gasteiger partial charge in [0.2, 0.25) is 0 Å². The quantitative estimate of drug-likeness (QED) is 0.695. The molecule has 1 fully saturated rings. The molecule has 1 saturated carbocycles. The van der Waals surface area contributed by atoms with Crippen molar-refractivity contribution in [3.05, 3.63) is 0 Å². The summed E-state index contributed by atoms with van der Waals surface area (Å²) in [6, 6.07) is 0. The second-order valence-corrected chi connectivity index (χ2v) is 4.07. The Bertz CT molecular complexity index is 153. The molecular weight excluding hydrogens is 176 g/mol. The predicted octanol–water partition coefficient (Wildman–Crippen LogP) is 2.65. The number of halogens is 1. The maximum atomic E-state index is 10.4. The first-order valence-corrected chi connectivity index (χ1v) is 5.00. The molecule has 12 heavy (non-hydrogen) atoms. The number of hydrogen-bond acceptors (Lipinski definition) is 1. The Hall–Kier alpha value is -0.240. The lowest BCUT2D eigenvalue weighted by Crippen LogP contribution is -2.19. The number of alkyl halides is 1. The van der Waals surface area contributed by atoms with E-state index >= 15 is 0 Å². The molecule has 0 amide bonds. The molecule has 1 atom stereocenters. The van der Waals surface area contributed by atoms with E-state index in [4.69, 9.17) is 16.7 Å². The molecule has 1 N–H and O–H groups in total. The van der Waals surface area contributed by atoms with Crippen LogP contribution >= 0.6 is 11.6 Å². The number of carboxylic acids is 1. The summed E-state index contributed by atoms with van der Waals surface area (Å²) in [6.07, 6.45) is 6.77. The van der Waals surface area contributed by atoms with Crippen molar-refractivity contribution in [2.24, 2.45) is 5.92 Å². The van der Waals surface area contributed by atoms with Crippen LogP contribution in [-0.2, 0) is 4.79 Å². The molecule has 1 rings (SSSR count). The molecule has 1 unspecified atom stereocenters. The van der Waals surface area contributed by atoms with E-state index in [1.54, 1.807) is 0 Å². The second-order valence-electron chi connectivity index (χ2n) is 3.55. The standard InChI is InChI=1S/C9H15ClO2/c10-8(9(11)12)6-7-4-2-1-3-5-7/h7-8H,1-6H2,(H,11,12). The maximum absolute atomic E-state index is 10.4. The van der Waals surface area contributed by atoms with Gasteiger partial charge in [-0.1, -0.05) is 32.1 Å². The van der Waals surface area contributed by atoms with E-state index in [1.807, 2.05) is 0 Å². The minimum absolute atomic E-state index is 0.553. The lowest BCUT2D eigenvalue weighted by atomic mass is 9.86. The maximum Gasteiger partial charge on any atom is 0.321 e. The van der Waals surface area contributed by atoms with Crippen molar-refractivity contribution >= 4 is 17.6 Å². The zero-order valence-electron chi connectivity index (χ0n) is 7.13. The van der Waals surface area contributed by atoms with Gasteiger partial charge in [-0.25, -0.2) is 0 Å². The largest absolute Gasteiger partial charge is 0.480 e. The molecule has 3 heteroatoms. The van der Waals surface area contributed by atoms with Gasteiger partial charge < -0.3 is 5.11 Å². The zero-order chi connectivity index (χ0) is 8.97. The van der Waals surface area contributed by atoms with Crippen molar-refractivity contribution in [2.45, 2.75) is 43.9 Å². The molecule has 70 valence electrons. The van der Waals surface area contributed by atoms with Crippen LogP contribution < -0.4 is 0 Å². The summed E-state index contributed by atoms with van der Waals surface area (Å²) in [5.74, 6) is -0.320. The number of aliphatic carboxylic acids is 1. The number of carbonyl (C=O) groups is 1. The van der Waals surface area contributed by atoms with Gasteiger partial charge in [0, 0.05) is 0 Å². The summed E-state index contributed by atoms with van der Waals surface area (Å²) >= 11 is 5.65. The van der Waals surface area contributed by atoms with E-state index in [-0.39, 0.29) is 0 Å². The molecular formula is C9H15ClO2. The zero-order valence-corrected chi connectivity index (χ0v) is 7.89. The Kier molecular flexibility index (Phi) is 3.86. The highest BCUT2D eigenvalue weighted by molar-refractivity contribution is 6.29. The van der Waals surface area contributed by atoms with Crippen LogP contribution in [0.5, 0.6) is 0 Å². The van der Waals surface area contributed by atoms with Gasteiger partial charge in [-0.15, -0.1) is 11.6 Å². The summed E-state index contributed by atoms with van der Waals surface area (Å²) in [7, 11) is 0. The molecule has 0 saturated heterocycles. The predicted molar refractivity (Wildman–Crippen MR) is 48.5 cm³/mol. The normalized spacial score (nSPS) is 22.1. The SMILES string of the molecule is O=C(O)C(Cl)CC1CCCCC1. The molecule has 0 heterocycles. The van der Waals surface area contributed by atoms with Gasteiger partial charge in [-0.05, 0) is 12.3 Å². The molecule has 2 nitrogen and oxygen atoms in total. The van der Waals surface area contributed by atoms with E-state index < -0.39 is 11.3 Å². The van der Waals surface area contributed by atoms with Gasteiger partial charge in [0.1, 0.15) is 5.38 Å². The van der Waals surface area contributed by atoms with E-state index in [1.165, 1.54) is 19.3 Å². The van der Waals surface area contributed by atoms with Crippen molar-refractivity contribution in [2.75, 3.05) is 0 Å². The van der Waals surface area contributed by atoms with Crippen molar-refractivity contribution < 1.29 is 9.90 Å². The lowest BCUT2D eigenvalue weighted by molar-refractivity contribution is -0.137. The average Bonchev–Trinajstić information content (AvgIpc) is 2.06. The Morgan fingerprint density at radius 2 is 2.00 bits per heavy atom. The van der Waals surface area contributed by atoms with Gasteiger partial charge in [-0.2, -0.15) is 0 Å². The molecule has 1 aliphatic carbocycles. The number of hydrogen-bond donors (Lipinski definition) is 1. The van der Waals surface area contributed by atoms with Crippen LogP contribution in [0.2, 0.25) is 0 Å². The Morgan fingerprint density at radius 3 is 2.50 bits per heavy atom. The van der Waals surface area contributed by atoms with Crippen LogP contribution in [-0.4, -0.2) is 16.5 Å². The highest BCUT2D eigenvalue weighted by atomic mass is 35.5. The summed E-state index contributed by atoms with van der Waals surface area (Å²) in [6.45, 7) is 0. The van der Waals surface area contributed by atoms with Crippen molar-refractivity contribution in [1.29, 1.82) is 0 Å². The summed E-state index contributed by atoms with van der Waals surface area (Å²) in [5, 5.41) is 7.91. The molecule has 0 aliphatic heterocycles. The Morgan fingerprint density at radius 1 is 1.42 bits per heavy atom. The smallest absolute Gasteiger partial charge is 0.321 e. The fraction of sp³-hybridized carbons (Fsp3) is 0.889. The molecule has 1 aliphatic rings. The molecule has 0 bridgehead atoms. The topological polar surface area (TPSA) is 37.3 Å². The van der Waals surface area contributed by atoms with Gasteiger partial charge in [0.15, 0.2) is 0 Å². The van der Waals surface area contributed by atoms with Gasteiger partial charge >= 0.3 is 5.97 Å². The lowest BCUT2D eigenvalue weighted by Gasteiger charge is -2.22. The van der Waals surface area contributed by atoms with Crippen LogP contribution in [0.4, 0.5) is 0 Å². The van der Waals surface area contributed by atoms with Crippen molar-refractivity contribution in [3.63, 3.8) is 0 Å². The van der Waals surface area contributed by atoms with Gasteiger partial charge in [-0.3, -0.25) is 4.79 Å². The van der Waals surface area contributed by atoms with E-state index in [0.717, 1.165) is 12.8 Å². The second kappa shape index (κ2) is 4.70. The monoisotopic (exact) mass is 190 g/mol. The molecule has 0 radical (unpaired) electrons. The van der Waals surface area contributed by atoms with Crippen molar-refractivity contribution in [1.82, 2.24) is 0 Å². The first kappa shape index (κ1) is 9.85. The highest BCUT2D eigenvalue weighted by Crippen LogP contribution is 2.28. The van der Waals surface area contributed by atoms with Crippen molar-refractivity contribution in [3.8, 4) is 0 Å². The van der Waals surface area contributed by atoms with E-state index in [9.17, 15) is 4.79 Å². The van der Waals surface area contributed by atoms with Crippen LogP contribution in [0.15, 0.2) is 0 Å². The first-order chi connectivity index (χ1) is 5.70. The summed E-state index contributed by atoms with van der Waals surface area (Å²) < 4.78 is 0. The fourth-order valence-corrected chi connectivity index (χ4v) is 2.07. The molecule has 0 aromatic rings. The van der Waals surface area contributed by atoms with Gasteiger partial charge in [0.25, 0.3) is 0 Å². The molecule has 0 spiro atoms. The third kappa shape index (κ3) is 3.02. The van der Waals surface area contributed by atoms with Gasteiger partial charge in [0.05, 0.1) is 0 Å². The third-order valence-electron chi connectivity index (χ3n) is 2.53. The van der Waals surface area contributed by atoms with E-state index in [2.05, 4.69) is 0 Å². The Balaban J connectivity index is 2.24. The van der Waals surface area contributed by atoms with Crippen LogP contribution in [0.1, 0.15) is 38.5 Å². The number of rotatable bonds is 3. The fourth-order valence-electron chi connectivity index (χ4n) is 1.82. The van der Waals surface area contributed by atoms with E-state index in [0.29, 0.717) is 12.3 Å². The van der Waals surface area contributed by atoms with Crippen LogP contribution in [0.3, 0.4) is 0 Å². The van der Waals surface area contributed by atoms with Crippen LogP contribution in [0, 0.1) is 5.92 Å². The highest BCUT2D eigenvalue weighted by Gasteiger charge is 2.21. The minimum atomic E-state index is -0.873.